The SMILES string of the molecule is CCC(N)c1ccc(OCCCOCCOC)cc1. The third-order valence-electron chi connectivity index (χ3n) is 2.88. The quantitative estimate of drug-likeness (QED) is 0.662. The highest BCUT2D eigenvalue weighted by atomic mass is 16.5. The summed E-state index contributed by atoms with van der Waals surface area (Å²) in [7, 11) is 1.67. The first-order valence-electron chi connectivity index (χ1n) is 6.83. The molecule has 0 saturated carbocycles. The topological polar surface area (TPSA) is 53.7 Å². The third kappa shape index (κ3) is 6.57. The zero-order chi connectivity index (χ0) is 13.9. The highest BCUT2D eigenvalue weighted by Crippen LogP contribution is 2.18. The molecule has 0 spiro atoms. The number of benzene rings is 1. The van der Waals surface area contributed by atoms with Crippen LogP contribution in [-0.4, -0.2) is 33.5 Å². The Labute approximate surface area is 115 Å². The highest BCUT2D eigenvalue weighted by molar-refractivity contribution is 5.28. The number of rotatable bonds is 10. The van der Waals surface area contributed by atoms with Crippen molar-refractivity contribution >= 4 is 0 Å². The van der Waals surface area contributed by atoms with Gasteiger partial charge in [0.2, 0.25) is 0 Å². The van der Waals surface area contributed by atoms with E-state index in [1.807, 2.05) is 24.3 Å². The molecule has 1 aromatic carbocycles. The standard InChI is InChI=1S/C15H25NO3/c1-3-15(16)13-5-7-14(8-6-13)19-10-4-9-18-12-11-17-2/h5-8,15H,3-4,9-12,16H2,1-2H3. The number of methoxy groups -OCH3 is 1. The Kier molecular flexibility index (Phi) is 8.21. The van der Waals surface area contributed by atoms with Gasteiger partial charge >= 0.3 is 0 Å². The summed E-state index contributed by atoms with van der Waals surface area (Å²) in [6.07, 6.45) is 1.82. The molecule has 1 unspecified atom stereocenters. The van der Waals surface area contributed by atoms with Crippen LogP contribution in [0.4, 0.5) is 0 Å². The molecule has 19 heavy (non-hydrogen) atoms. The molecule has 0 aromatic heterocycles. The Hall–Kier alpha value is -1.10. The van der Waals surface area contributed by atoms with Gasteiger partial charge in [-0.3, -0.25) is 0 Å². The van der Waals surface area contributed by atoms with Crippen LogP contribution in [0.3, 0.4) is 0 Å². The summed E-state index contributed by atoms with van der Waals surface area (Å²) in [5.41, 5.74) is 7.11. The second-order valence-electron chi connectivity index (χ2n) is 4.39. The molecular weight excluding hydrogens is 242 g/mol. The van der Waals surface area contributed by atoms with E-state index in [2.05, 4.69) is 6.92 Å². The highest BCUT2D eigenvalue weighted by Gasteiger charge is 2.02. The van der Waals surface area contributed by atoms with E-state index in [-0.39, 0.29) is 6.04 Å². The fraction of sp³-hybridized carbons (Fsp3) is 0.600. The number of hydrogen-bond acceptors (Lipinski definition) is 4. The maximum Gasteiger partial charge on any atom is 0.119 e. The van der Waals surface area contributed by atoms with Crippen molar-refractivity contribution in [2.75, 3.05) is 33.5 Å². The van der Waals surface area contributed by atoms with Crippen LogP contribution in [0.1, 0.15) is 31.4 Å². The molecule has 0 heterocycles. The smallest absolute Gasteiger partial charge is 0.119 e. The molecule has 1 rings (SSSR count). The lowest BCUT2D eigenvalue weighted by Gasteiger charge is -2.11. The van der Waals surface area contributed by atoms with E-state index in [4.69, 9.17) is 19.9 Å². The first-order chi connectivity index (χ1) is 9.27. The predicted octanol–water partition coefficient (Wildman–Crippen LogP) is 2.53. The maximum absolute atomic E-state index is 5.96. The predicted molar refractivity (Wildman–Crippen MR) is 76.5 cm³/mol. The molecule has 0 fully saturated rings. The van der Waals surface area contributed by atoms with Gasteiger partial charge in [-0.1, -0.05) is 19.1 Å². The van der Waals surface area contributed by atoms with Crippen molar-refractivity contribution in [2.45, 2.75) is 25.8 Å². The largest absolute Gasteiger partial charge is 0.494 e. The Morgan fingerprint density at radius 3 is 2.42 bits per heavy atom. The molecule has 0 bridgehead atoms. The fourth-order valence-electron chi connectivity index (χ4n) is 1.64. The summed E-state index contributed by atoms with van der Waals surface area (Å²) in [4.78, 5) is 0. The number of hydrogen-bond donors (Lipinski definition) is 1. The van der Waals surface area contributed by atoms with Gasteiger partial charge in [0.15, 0.2) is 0 Å². The van der Waals surface area contributed by atoms with Crippen LogP contribution in [0.15, 0.2) is 24.3 Å². The average Bonchev–Trinajstić information content (AvgIpc) is 2.46. The summed E-state index contributed by atoms with van der Waals surface area (Å²) in [6.45, 7) is 4.72. The lowest BCUT2D eigenvalue weighted by atomic mass is 10.1. The molecule has 0 amide bonds. The molecule has 2 N–H and O–H groups in total. The van der Waals surface area contributed by atoms with Crippen LogP contribution in [0.2, 0.25) is 0 Å². The van der Waals surface area contributed by atoms with Crippen molar-refractivity contribution in [1.29, 1.82) is 0 Å². The second-order valence-corrected chi connectivity index (χ2v) is 4.39. The van der Waals surface area contributed by atoms with Crippen LogP contribution in [-0.2, 0) is 9.47 Å². The molecule has 0 aliphatic rings. The molecular formula is C15H25NO3. The summed E-state index contributed by atoms with van der Waals surface area (Å²) < 4.78 is 15.9. The van der Waals surface area contributed by atoms with Gasteiger partial charge in [0.25, 0.3) is 0 Å². The summed E-state index contributed by atoms with van der Waals surface area (Å²) in [5.74, 6) is 0.879. The number of nitrogens with two attached hydrogens (primary N) is 1. The van der Waals surface area contributed by atoms with E-state index in [0.29, 0.717) is 26.4 Å². The normalized spacial score (nSPS) is 12.4. The molecule has 0 aliphatic carbocycles. The van der Waals surface area contributed by atoms with Crippen molar-refractivity contribution in [3.63, 3.8) is 0 Å². The minimum Gasteiger partial charge on any atom is -0.494 e. The molecule has 0 radical (unpaired) electrons. The first-order valence-corrected chi connectivity index (χ1v) is 6.83. The summed E-state index contributed by atoms with van der Waals surface area (Å²) in [5, 5.41) is 0. The van der Waals surface area contributed by atoms with Crippen LogP contribution in [0.25, 0.3) is 0 Å². The Balaban J connectivity index is 2.16. The van der Waals surface area contributed by atoms with Gasteiger partial charge in [0.1, 0.15) is 5.75 Å². The number of ether oxygens (including phenoxy) is 3. The van der Waals surface area contributed by atoms with Gasteiger partial charge in [-0.05, 0) is 24.1 Å². The van der Waals surface area contributed by atoms with Crippen LogP contribution >= 0.6 is 0 Å². The van der Waals surface area contributed by atoms with Gasteiger partial charge in [-0.25, -0.2) is 0 Å². The molecule has 4 heteroatoms. The lowest BCUT2D eigenvalue weighted by molar-refractivity contribution is 0.0644. The van der Waals surface area contributed by atoms with Crippen molar-refractivity contribution < 1.29 is 14.2 Å². The summed E-state index contributed by atoms with van der Waals surface area (Å²) in [6, 6.07) is 8.10. The van der Waals surface area contributed by atoms with Gasteiger partial charge in [0, 0.05) is 26.2 Å². The second kappa shape index (κ2) is 9.78. The lowest BCUT2D eigenvalue weighted by Crippen LogP contribution is -2.08. The van der Waals surface area contributed by atoms with E-state index in [9.17, 15) is 0 Å². The first kappa shape index (κ1) is 16.0. The Morgan fingerprint density at radius 1 is 1.05 bits per heavy atom. The van der Waals surface area contributed by atoms with Gasteiger partial charge in [-0.15, -0.1) is 0 Å². The maximum atomic E-state index is 5.96. The van der Waals surface area contributed by atoms with Gasteiger partial charge < -0.3 is 19.9 Å². The van der Waals surface area contributed by atoms with E-state index >= 15 is 0 Å². The third-order valence-corrected chi connectivity index (χ3v) is 2.88. The molecule has 4 nitrogen and oxygen atoms in total. The molecule has 0 aliphatic heterocycles. The molecule has 108 valence electrons. The minimum atomic E-state index is 0.114. The fourth-order valence-corrected chi connectivity index (χ4v) is 1.64. The molecule has 1 aromatic rings. The monoisotopic (exact) mass is 267 g/mol. The Bertz CT molecular complexity index is 327. The summed E-state index contributed by atoms with van der Waals surface area (Å²) >= 11 is 0. The van der Waals surface area contributed by atoms with E-state index in [1.165, 1.54) is 0 Å². The minimum absolute atomic E-state index is 0.114. The molecule has 1 atom stereocenters. The molecule has 0 saturated heterocycles. The van der Waals surface area contributed by atoms with Crippen molar-refractivity contribution in [1.82, 2.24) is 0 Å². The van der Waals surface area contributed by atoms with Crippen molar-refractivity contribution in [3.05, 3.63) is 29.8 Å². The van der Waals surface area contributed by atoms with Gasteiger partial charge in [-0.2, -0.15) is 0 Å². The van der Waals surface area contributed by atoms with Crippen molar-refractivity contribution in [2.24, 2.45) is 5.73 Å². The zero-order valence-electron chi connectivity index (χ0n) is 11.9. The van der Waals surface area contributed by atoms with E-state index in [1.54, 1.807) is 7.11 Å². The Morgan fingerprint density at radius 2 is 1.79 bits per heavy atom. The average molecular weight is 267 g/mol. The van der Waals surface area contributed by atoms with Crippen LogP contribution in [0.5, 0.6) is 5.75 Å². The van der Waals surface area contributed by atoms with Gasteiger partial charge in [0.05, 0.1) is 19.8 Å². The van der Waals surface area contributed by atoms with Crippen molar-refractivity contribution in [3.8, 4) is 5.75 Å². The van der Waals surface area contributed by atoms with E-state index in [0.717, 1.165) is 24.2 Å². The van der Waals surface area contributed by atoms with E-state index < -0.39 is 0 Å². The zero-order valence-corrected chi connectivity index (χ0v) is 11.9. The van der Waals surface area contributed by atoms with Crippen LogP contribution < -0.4 is 10.5 Å². The van der Waals surface area contributed by atoms with Crippen LogP contribution in [0, 0.1) is 0 Å².